The van der Waals surface area contributed by atoms with Crippen LogP contribution in [-0.4, -0.2) is 22.7 Å². The maximum atomic E-state index is 11.6. The third kappa shape index (κ3) is 2.32. The molecule has 5 nitrogen and oxygen atoms in total. The first-order valence-corrected chi connectivity index (χ1v) is 6.64. The zero-order chi connectivity index (χ0) is 14.1. The van der Waals surface area contributed by atoms with E-state index in [1.807, 2.05) is 4.68 Å². The Morgan fingerprint density at radius 2 is 2.15 bits per heavy atom. The van der Waals surface area contributed by atoms with Crippen LogP contribution in [0.5, 0.6) is 0 Å². The Morgan fingerprint density at radius 3 is 2.85 bits per heavy atom. The third-order valence-corrected chi connectivity index (χ3v) is 3.54. The minimum atomic E-state index is -0.168. The number of amides is 1. The molecule has 0 radical (unpaired) electrons. The van der Waals surface area contributed by atoms with Gasteiger partial charge in [0, 0.05) is 7.05 Å². The summed E-state index contributed by atoms with van der Waals surface area (Å²) in [6, 6.07) is 10.1. The van der Waals surface area contributed by atoms with E-state index in [0.29, 0.717) is 18.8 Å². The highest BCUT2D eigenvalue weighted by atomic mass is 16.5. The number of aryl methyl sites for hydroxylation is 1. The fourth-order valence-corrected chi connectivity index (χ4v) is 2.35. The maximum Gasteiger partial charge on any atom is 0.271 e. The van der Waals surface area contributed by atoms with Gasteiger partial charge in [0.1, 0.15) is 6.10 Å². The normalized spacial score (nSPS) is 17.6. The molecule has 1 atom stereocenters. The van der Waals surface area contributed by atoms with E-state index in [4.69, 9.17) is 4.74 Å². The van der Waals surface area contributed by atoms with Crippen LogP contribution in [0.2, 0.25) is 0 Å². The Hall–Kier alpha value is -2.14. The van der Waals surface area contributed by atoms with Crippen LogP contribution in [0.3, 0.4) is 0 Å². The second kappa shape index (κ2) is 5.09. The van der Waals surface area contributed by atoms with E-state index in [-0.39, 0.29) is 12.0 Å². The molecule has 1 aliphatic rings. The number of fused-ring (bicyclic) bond motifs is 1. The van der Waals surface area contributed by atoms with Crippen molar-refractivity contribution >= 4 is 5.91 Å². The van der Waals surface area contributed by atoms with Crippen molar-refractivity contribution in [3.63, 3.8) is 0 Å². The van der Waals surface area contributed by atoms with Crippen LogP contribution in [0.15, 0.2) is 30.3 Å². The van der Waals surface area contributed by atoms with Crippen molar-refractivity contribution in [1.82, 2.24) is 15.1 Å². The number of carbonyl (C=O) groups excluding carboxylic acids is 1. The van der Waals surface area contributed by atoms with Gasteiger partial charge >= 0.3 is 0 Å². The van der Waals surface area contributed by atoms with Gasteiger partial charge in [-0.15, -0.1) is 0 Å². The van der Waals surface area contributed by atoms with Crippen LogP contribution >= 0.6 is 0 Å². The molecular formula is C15H17N3O2. The van der Waals surface area contributed by atoms with E-state index >= 15 is 0 Å². The van der Waals surface area contributed by atoms with Crippen molar-refractivity contribution in [3.8, 4) is 0 Å². The van der Waals surface area contributed by atoms with Gasteiger partial charge in [0.15, 0.2) is 5.69 Å². The first-order chi connectivity index (χ1) is 9.67. The van der Waals surface area contributed by atoms with Crippen LogP contribution < -0.4 is 5.32 Å². The highest BCUT2D eigenvalue weighted by Crippen LogP contribution is 2.26. The number of nitrogens with zero attached hydrogens (tertiary/aromatic N) is 2. The van der Waals surface area contributed by atoms with E-state index in [1.165, 1.54) is 5.56 Å². The molecule has 1 amide bonds. The van der Waals surface area contributed by atoms with Gasteiger partial charge in [-0.2, -0.15) is 5.10 Å². The van der Waals surface area contributed by atoms with Crippen molar-refractivity contribution in [2.24, 2.45) is 0 Å². The van der Waals surface area contributed by atoms with E-state index in [2.05, 4.69) is 41.6 Å². The van der Waals surface area contributed by atoms with Gasteiger partial charge < -0.3 is 10.1 Å². The van der Waals surface area contributed by atoms with Crippen LogP contribution in [0.4, 0.5) is 0 Å². The molecule has 0 saturated heterocycles. The second-order valence-electron chi connectivity index (χ2n) is 4.99. The van der Waals surface area contributed by atoms with Crippen LogP contribution in [0, 0.1) is 6.92 Å². The summed E-state index contributed by atoms with van der Waals surface area (Å²) in [5.41, 5.74) is 3.74. The highest BCUT2D eigenvalue weighted by molar-refractivity contribution is 5.92. The summed E-state index contributed by atoms with van der Waals surface area (Å²) >= 11 is 0. The summed E-state index contributed by atoms with van der Waals surface area (Å²) in [5.74, 6) is -0.168. The minimum absolute atomic E-state index is 0.0134. The molecule has 1 aromatic carbocycles. The molecule has 1 N–H and O–H groups in total. The number of benzene rings is 1. The van der Waals surface area contributed by atoms with Crippen molar-refractivity contribution in [1.29, 1.82) is 0 Å². The molecular weight excluding hydrogens is 254 g/mol. The highest BCUT2D eigenvalue weighted by Gasteiger charge is 2.23. The summed E-state index contributed by atoms with van der Waals surface area (Å²) in [5, 5.41) is 6.92. The first kappa shape index (κ1) is 12.9. The van der Waals surface area contributed by atoms with Gasteiger partial charge in [0.25, 0.3) is 5.91 Å². The predicted octanol–water partition coefficient (Wildman–Crippen LogP) is 1.82. The zero-order valence-corrected chi connectivity index (χ0v) is 11.6. The summed E-state index contributed by atoms with van der Waals surface area (Å²) in [7, 11) is 1.60. The zero-order valence-electron chi connectivity index (χ0n) is 11.6. The molecule has 2 aromatic rings. The monoisotopic (exact) mass is 271 g/mol. The van der Waals surface area contributed by atoms with E-state index in [0.717, 1.165) is 11.3 Å². The molecule has 0 spiro atoms. The molecule has 1 aromatic heterocycles. The number of carbonyl (C=O) groups is 1. The molecule has 20 heavy (non-hydrogen) atoms. The summed E-state index contributed by atoms with van der Waals surface area (Å²) in [6.45, 7) is 3.17. The molecule has 3 rings (SSSR count). The third-order valence-electron chi connectivity index (χ3n) is 3.54. The number of ether oxygens (including phenoxy) is 1. The van der Waals surface area contributed by atoms with Gasteiger partial charge in [-0.25, -0.2) is 0 Å². The Labute approximate surface area is 117 Å². The molecule has 104 valence electrons. The summed E-state index contributed by atoms with van der Waals surface area (Å²) in [4.78, 5) is 11.6. The smallest absolute Gasteiger partial charge is 0.271 e. The van der Waals surface area contributed by atoms with Crippen molar-refractivity contribution in [3.05, 3.63) is 52.8 Å². The lowest BCUT2D eigenvalue weighted by Gasteiger charge is -2.24. The van der Waals surface area contributed by atoms with Gasteiger partial charge in [-0.3, -0.25) is 9.48 Å². The number of rotatable bonds is 2. The quantitative estimate of drug-likeness (QED) is 0.906. The lowest BCUT2D eigenvalue weighted by Crippen LogP contribution is -2.22. The summed E-state index contributed by atoms with van der Waals surface area (Å²) < 4.78 is 7.72. The Bertz CT molecular complexity index is 631. The average molecular weight is 271 g/mol. The van der Waals surface area contributed by atoms with Crippen LogP contribution in [0.1, 0.15) is 33.4 Å². The lowest BCUT2D eigenvalue weighted by atomic mass is 10.1. The fourth-order valence-electron chi connectivity index (χ4n) is 2.35. The van der Waals surface area contributed by atoms with Crippen molar-refractivity contribution < 1.29 is 9.53 Å². The molecule has 0 aliphatic carbocycles. The van der Waals surface area contributed by atoms with E-state index in [9.17, 15) is 4.79 Å². The predicted molar refractivity (Wildman–Crippen MR) is 74.3 cm³/mol. The maximum absolute atomic E-state index is 11.6. The molecule has 5 heteroatoms. The SMILES string of the molecule is CNC(=O)c1cc2n(n1)C[C@H](c1ccc(C)cc1)OC2. The number of aromatic nitrogens is 2. The number of hydrogen-bond acceptors (Lipinski definition) is 3. The van der Waals surface area contributed by atoms with E-state index in [1.54, 1.807) is 13.1 Å². The largest absolute Gasteiger partial charge is 0.365 e. The first-order valence-electron chi connectivity index (χ1n) is 6.64. The minimum Gasteiger partial charge on any atom is -0.365 e. The van der Waals surface area contributed by atoms with Crippen LogP contribution in [0.25, 0.3) is 0 Å². The molecule has 0 saturated carbocycles. The molecule has 1 aliphatic heterocycles. The van der Waals surface area contributed by atoms with Gasteiger partial charge in [-0.05, 0) is 18.6 Å². The second-order valence-corrected chi connectivity index (χ2v) is 4.99. The molecule has 0 bridgehead atoms. The molecule has 0 fully saturated rings. The van der Waals surface area contributed by atoms with E-state index < -0.39 is 0 Å². The number of nitrogens with one attached hydrogen (secondary N) is 1. The van der Waals surface area contributed by atoms with Gasteiger partial charge in [0.05, 0.1) is 18.8 Å². The standard InChI is InChI=1S/C15H17N3O2/c1-10-3-5-11(6-4-10)14-8-18-12(9-20-14)7-13(17-18)15(19)16-2/h3-7,14H,8-9H2,1-2H3,(H,16,19)/t14-/m1/s1. The molecule has 2 heterocycles. The number of hydrogen-bond donors (Lipinski definition) is 1. The fraction of sp³-hybridized carbons (Fsp3) is 0.333. The molecule has 0 unspecified atom stereocenters. The van der Waals surface area contributed by atoms with Gasteiger partial charge in [0.2, 0.25) is 0 Å². The Balaban J connectivity index is 1.83. The average Bonchev–Trinajstić information content (AvgIpc) is 2.90. The Morgan fingerprint density at radius 1 is 1.40 bits per heavy atom. The van der Waals surface area contributed by atoms with Gasteiger partial charge in [-0.1, -0.05) is 29.8 Å². The van der Waals surface area contributed by atoms with Crippen molar-refractivity contribution in [2.75, 3.05) is 7.05 Å². The topological polar surface area (TPSA) is 56.2 Å². The summed E-state index contributed by atoms with van der Waals surface area (Å²) in [6.07, 6.45) is -0.0134. The Kier molecular flexibility index (Phi) is 3.28. The van der Waals surface area contributed by atoms with Crippen LogP contribution in [-0.2, 0) is 17.9 Å². The lowest BCUT2D eigenvalue weighted by molar-refractivity contribution is -0.00120. The van der Waals surface area contributed by atoms with Crippen molar-refractivity contribution in [2.45, 2.75) is 26.2 Å².